The van der Waals surface area contributed by atoms with Gasteiger partial charge in [0.2, 0.25) is 0 Å². The predicted molar refractivity (Wildman–Crippen MR) is 60.8 cm³/mol. The minimum Gasteiger partial charge on any atom is -0.390 e. The summed E-state index contributed by atoms with van der Waals surface area (Å²) in [5.74, 6) is 0.774. The van der Waals surface area contributed by atoms with Crippen molar-refractivity contribution in [3.8, 4) is 0 Å². The van der Waals surface area contributed by atoms with Crippen molar-refractivity contribution in [3.63, 3.8) is 0 Å². The van der Waals surface area contributed by atoms with E-state index in [9.17, 15) is 0 Å². The number of pyridine rings is 1. The highest BCUT2D eigenvalue weighted by Gasteiger charge is 2.16. The van der Waals surface area contributed by atoms with Crippen molar-refractivity contribution >= 4 is 5.69 Å². The Bertz CT molecular complexity index is 310. The number of rotatable bonds is 2. The molecule has 1 fully saturated rings. The molecule has 0 amide bonds. The van der Waals surface area contributed by atoms with Crippen molar-refractivity contribution in [3.05, 3.63) is 24.0 Å². The molecule has 0 aliphatic carbocycles. The Balaban J connectivity index is 2.07. The average molecular weight is 206 g/mol. The Labute approximate surface area is 90.8 Å². The van der Waals surface area contributed by atoms with Crippen LogP contribution in [-0.4, -0.2) is 23.2 Å². The molecule has 0 radical (unpaired) electrons. The lowest BCUT2D eigenvalue weighted by molar-refractivity contribution is 0.277. The van der Waals surface area contributed by atoms with Gasteiger partial charge < -0.3 is 10.0 Å². The van der Waals surface area contributed by atoms with Crippen LogP contribution in [0.15, 0.2) is 18.3 Å². The highest BCUT2D eigenvalue weighted by Crippen LogP contribution is 2.22. The Hall–Kier alpha value is -1.09. The third kappa shape index (κ3) is 2.48. The van der Waals surface area contributed by atoms with E-state index in [0.29, 0.717) is 0 Å². The summed E-state index contributed by atoms with van der Waals surface area (Å²) in [5.41, 5.74) is 1.92. The van der Waals surface area contributed by atoms with Gasteiger partial charge in [-0.15, -0.1) is 0 Å². The van der Waals surface area contributed by atoms with Gasteiger partial charge in [-0.25, -0.2) is 0 Å². The molecule has 0 aromatic carbocycles. The zero-order chi connectivity index (χ0) is 10.7. The molecule has 1 aromatic rings. The van der Waals surface area contributed by atoms with Crippen LogP contribution in [0.1, 0.15) is 25.5 Å². The minimum absolute atomic E-state index is 0.0245. The lowest BCUT2D eigenvalue weighted by atomic mass is 10.00. The van der Waals surface area contributed by atoms with E-state index in [4.69, 9.17) is 5.11 Å². The highest BCUT2D eigenvalue weighted by molar-refractivity contribution is 5.44. The van der Waals surface area contributed by atoms with Crippen molar-refractivity contribution in [2.24, 2.45) is 5.92 Å². The number of hydrogen-bond acceptors (Lipinski definition) is 3. The fourth-order valence-electron chi connectivity index (χ4n) is 2.12. The van der Waals surface area contributed by atoms with E-state index < -0.39 is 0 Å². The van der Waals surface area contributed by atoms with Crippen molar-refractivity contribution in [2.75, 3.05) is 18.0 Å². The van der Waals surface area contributed by atoms with Crippen LogP contribution in [0, 0.1) is 5.92 Å². The largest absolute Gasteiger partial charge is 0.390 e. The van der Waals surface area contributed by atoms with Gasteiger partial charge >= 0.3 is 0 Å². The van der Waals surface area contributed by atoms with Crippen LogP contribution in [0.3, 0.4) is 0 Å². The van der Waals surface area contributed by atoms with Crippen molar-refractivity contribution < 1.29 is 5.11 Å². The van der Waals surface area contributed by atoms with Crippen LogP contribution in [0.5, 0.6) is 0 Å². The zero-order valence-electron chi connectivity index (χ0n) is 9.19. The maximum Gasteiger partial charge on any atom is 0.0852 e. The highest BCUT2D eigenvalue weighted by atomic mass is 16.3. The van der Waals surface area contributed by atoms with Crippen LogP contribution >= 0.6 is 0 Å². The Morgan fingerprint density at radius 3 is 3.00 bits per heavy atom. The number of nitrogens with zero attached hydrogens (tertiary/aromatic N) is 2. The molecular weight excluding hydrogens is 188 g/mol. The van der Waals surface area contributed by atoms with Gasteiger partial charge in [-0.05, 0) is 30.9 Å². The van der Waals surface area contributed by atoms with Crippen molar-refractivity contribution in [1.82, 2.24) is 4.98 Å². The molecular formula is C12H18N2O. The third-order valence-corrected chi connectivity index (χ3v) is 2.99. The van der Waals surface area contributed by atoms with Crippen molar-refractivity contribution in [2.45, 2.75) is 26.4 Å². The molecule has 1 N–H and O–H groups in total. The maximum atomic E-state index is 8.90. The van der Waals surface area contributed by atoms with Gasteiger partial charge in [0.15, 0.2) is 0 Å². The second kappa shape index (κ2) is 4.62. The molecule has 2 rings (SSSR count). The van der Waals surface area contributed by atoms with Gasteiger partial charge in [0, 0.05) is 13.1 Å². The summed E-state index contributed by atoms with van der Waals surface area (Å²) in [7, 11) is 0. The standard InChI is InChI=1S/C12H18N2O/c1-10-3-2-6-14(8-10)12-5-4-11(9-15)13-7-12/h4-5,7,10,15H,2-3,6,8-9H2,1H3. The van der Waals surface area contributed by atoms with E-state index in [1.807, 2.05) is 12.3 Å². The fraction of sp³-hybridized carbons (Fsp3) is 0.583. The Morgan fingerprint density at radius 1 is 1.53 bits per heavy atom. The van der Waals surface area contributed by atoms with E-state index in [0.717, 1.165) is 24.7 Å². The first-order chi connectivity index (χ1) is 7.29. The molecule has 1 unspecified atom stereocenters. The van der Waals surface area contributed by atoms with Gasteiger partial charge in [-0.3, -0.25) is 4.98 Å². The number of piperidine rings is 1. The lowest BCUT2D eigenvalue weighted by Crippen LogP contribution is -2.34. The van der Waals surface area contributed by atoms with E-state index in [1.165, 1.54) is 18.5 Å². The maximum absolute atomic E-state index is 8.90. The molecule has 0 bridgehead atoms. The summed E-state index contributed by atoms with van der Waals surface area (Å²) in [5, 5.41) is 8.90. The van der Waals surface area contributed by atoms with Crippen LogP contribution in [0.25, 0.3) is 0 Å². The molecule has 1 aromatic heterocycles. The van der Waals surface area contributed by atoms with Gasteiger partial charge in [-0.2, -0.15) is 0 Å². The zero-order valence-corrected chi connectivity index (χ0v) is 9.19. The summed E-state index contributed by atoms with van der Waals surface area (Å²) in [6.07, 6.45) is 4.46. The SMILES string of the molecule is CC1CCCN(c2ccc(CO)nc2)C1. The average Bonchev–Trinajstić information content (AvgIpc) is 2.29. The van der Waals surface area contributed by atoms with E-state index in [-0.39, 0.29) is 6.61 Å². The Morgan fingerprint density at radius 2 is 2.40 bits per heavy atom. The molecule has 1 aliphatic heterocycles. The van der Waals surface area contributed by atoms with E-state index in [2.05, 4.69) is 22.9 Å². The van der Waals surface area contributed by atoms with Gasteiger partial charge in [-0.1, -0.05) is 6.92 Å². The molecule has 1 aliphatic rings. The molecule has 3 nitrogen and oxygen atoms in total. The van der Waals surface area contributed by atoms with Crippen LogP contribution < -0.4 is 4.90 Å². The predicted octanol–water partition coefficient (Wildman–Crippen LogP) is 1.81. The van der Waals surface area contributed by atoms with Gasteiger partial charge in [0.1, 0.15) is 0 Å². The van der Waals surface area contributed by atoms with Crippen molar-refractivity contribution in [1.29, 1.82) is 0 Å². The second-order valence-electron chi connectivity index (χ2n) is 4.36. The number of anilines is 1. The number of aliphatic hydroxyl groups excluding tert-OH is 1. The molecule has 15 heavy (non-hydrogen) atoms. The van der Waals surface area contributed by atoms with Crippen LogP contribution in [-0.2, 0) is 6.61 Å². The monoisotopic (exact) mass is 206 g/mol. The summed E-state index contributed by atoms with van der Waals surface area (Å²) >= 11 is 0. The topological polar surface area (TPSA) is 36.4 Å². The smallest absolute Gasteiger partial charge is 0.0852 e. The summed E-state index contributed by atoms with van der Waals surface area (Å²) < 4.78 is 0. The number of aliphatic hydroxyl groups is 1. The minimum atomic E-state index is 0.0245. The normalized spacial score (nSPS) is 21.7. The lowest BCUT2D eigenvalue weighted by Gasteiger charge is -2.32. The van der Waals surface area contributed by atoms with Gasteiger partial charge in [0.05, 0.1) is 24.2 Å². The molecule has 0 spiro atoms. The first kappa shape index (κ1) is 10.4. The first-order valence-electron chi connectivity index (χ1n) is 5.60. The summed E-state index contributed by atoms with van der Waals surface area (Å²) in [4.78, 5) is 6.58. The van der Waals surface area contributed by atoms with Crippen LogP contribution in [0.2, 0.25) is 0 Å². The quantitative estimate of drug-likeness (QED) is 0.801. The van der Waals surface area contributed by atoms with E-state index in [1.54, 1.807) is 0 Å². The van der Waals surface area contributed by atoms with E-state index >= 15 is 0 Å². The molecule has 3 heteroatoms. The van der Waals surface area contributed by atoms with Gasteiger partial charge in [0.25, 0.3) is 0 Å². The number of hydrogen-bond donors (Lipinski definition) is 1. The molecule has 82 valence electrons. The molecule has 1 saturated heterocycles. The fourth-order valence-corrected chi connectivity index (χ4v) is 2.12. The number of aromatic nitrogens is 1. The summed E-state index contributed by atoms with van der Waals surface area (Å²) in [6, 6.07) is 3.95. The first-order valence-corrected chi connectivity index (χ1v) is 5.60. The summed E-state index contributed by atoms with van der Waals surface area (Å²) in [6.45, 7) is 4.57. The third-order valence-electron chi connectivity index (χ3n) is 2.99. The van der Waals surface area contributed by atoms with Crippen LogP contribution in [0.4, 0.5) is 5.69 Å². The Kier molecular flexibility index (Phi) is 3.21. The molecule has 0 saturated carbocycles. The molecule has 2 heterocycles. The molecule has 1 atom stereocenters. The second-order valence-corrected chi connectivity index (χ2v) is 4.36.